The number of hydrazone groups is 1. The number of benzene rings is 2. The Kier molecular flexibility index (Phi) is 5.20. The fourth-order valence-electron chi connectivity index (χ4n) is 2.71. The standard InChI is InChI=1S/C20H17N3O4S/c1-25-16-7-13(8-17-20(16)27-12-26-17)10-21-23-18(24)9-19-22-15(11-28-19)14-5-3-2-4-6-14/h2-8,10-11H,9,12H2,1H3,(H,23,24)/b21-10-. The second-order valence-corrected chi connectivity index (χ2v) is 6.86. The van der Waals surface area contributed by atoms with Crippen LogP contribution < -0.4 is 19.6 Å². The van der Waals surface area contributed by atoms with Crippen LogP contribution in [0.1, 0.15) is 10.6 Å². The number of fused-ring (bicyclic) bond motifs is 1. The first-order valence-electron chi connectivity index (χ1n) is 8.52. The highest BCUT2D eigenvalue weighted by Gasteiger charge is 2.19. The predicted octanol–water partition coefficient (Wildman–Crippen LogP) is 3.24. The number of hydrogen-bond acceptors (Lipinski definition) is 7. The molecule has 1 amide bonds. The van der Waals surface area contributed by atoms with E-state index in [9.17, 15) is 4.79 Å². The fourth-order valence-corrected chi connectivity index (χ4v) is 3.52. The van der Waals surface area contributed by atoms with Gasteiger partial charge in [0.05, 0.1) is 25.4 Å². The molecular formula is C20H17N3O4S. The summed E-state index contributed by atoms with van der Waals surface area (Å²) in [6, 6.07) is 13.4. The topological polar surface area (TPSA) is 82.0 Å². The summed E-state index contributed by atoms with van der Waals surface area (Å²) in [6.07, 6.45) is 1.69. The van der Waals surface area contributed by atoms with E-state index in [2.05, 4.69) is 15.5 Å². The van der Waals surface area contributed by atoms with E-state index in [1.807, 2.05) is 35.7 Å². The number of methoxy groups -OCH3 is 1. The molecule has 2 aromatic carbocycles. The molecule has 0 aliphatic carbocycles. The van der Waals surface area contributed by atoms with Crippen LogP contribution in [0.3, 0.4) is 0 Å². The van der Waals surface area contributed by atoms with E-state index in [1.165, 1.54) is 17.6 Å². The first kappa shape index (κ1) is 18.0. The van der Waals surface area contributed by atoms with Gasteiger partial charge in [0.25, 0.3) is 0 Å². The van der Waals surface area contributed by atoms with Crippen molar-refractivity contribution in [3.05, 3.63) is 58.4 Å². The number of carbonyl (C=O) groups excluding carboxylic acids is 1. The molecule has 8 heteroatoms. The molecule has 1 aromatic heterocycles. The lowest BCUT2D eigenvalue weighted by Gasteiger charge is -2.05. The summed E-state index contributed by atoms with van der Waals surface area (Å²) in [5.74, 6) is 1.47. The van der Waals surface area contributed by atoms with Crippen LogP contribution in [0.2, 0.25) is 0 Å². The van der Waals surface area contributed by atoms with Gasteiger partial charge in [-0.3, -0.25) is 4.79 Å². The smallest absolute Gasteiger partial charge is 0.246 e. The van der Waals surface area contributed by atoms with Crippen LogP contribution in [-0.2, 0) is 11.2 Å². The fraction of sp³-hybridized carbons (Fsp3) is 0.150. The third-order valence-corrected chi connectivity index (χ3v) is 4.87. The van der Waals surface area contributed by atoms with Crippen molar-refractivity contribution in [2.75, 3.05) is 13.9 Å². The zero-order valence-corrected chi connectivity index (χ0v) is 15.9. The maximum atomic E-state index is 12.1. The molecule has 4 rings (SSSR count). The molecule has 0 bridgehead atoms. The molecule has 0 radical (unpaired) electrons. The van der Waals surface area contributed by atoms with Crippen LogP contribution in [-0.4, -0.2) is 31.0 Å². The van der Waals surface area contributed by atoms with Crippen molar-refractivity contribution in [2.45, 2.75) is 6.42 Å². The Morgan fingerprint density at radius 2 is 2.18 bits per heavy atom. The van der Waals surface area contributed by atoms with Crippen LogP contribution in [0.15, 0.2) is 52.9 Å². The minimum absolute atomic E-state index is 0.155. The highest BCUT2D eigenvalue weighted by atomic mass is 32.1. The van der Waals surface area contributed by atoms with Crippen molar-refractivity contribution in [1.82, 2.24) is 10.4 Å². The first-order valence-corrected chi connectivity index (χ1v) is 9.40. The SMILES string of the molecule is COc1cc(/C=N\NC(=O)Cc2nc(-c3ccccc3)cs2)cc2c1OCO2. The van der Waals surface area contributed by atoms with E-state index in [0.29, 0.717) is 17.2 Å². The van der Waals surface area contributed by atoms with Crippen molar-refractivity contribution < 1.29 is 19.0 Å². The van der Waals surface area contributed by atoms with Crippen LogP contribution in [0.25, 0.3) is 11.3 Å². The van der Waals surface area contributed by atoms with Crippen molar-refractivity contribution in [1.29, 1.82) is 0 Å². The predicted molar refractivity (Wildman–Crippen MR) is 106 cm³/mol. The van der Waals surface area contributed by atoms with Crippen molar-refractivity contribution in [3.63, 3.8) is 0 Å². The average molecular weight is 395 g/mol. The van der Waals surface area contributed by atoms with E-state index in [-0.39, 0.29) is 19.1 Å². The van der Waals surface area contributed by atoms with Gasteiger partial charge < -0.3 is 14.2 Å². The largest absolute Gasteiger partial charge is 0.493 e. The van der Waals surface area contributed by atoms with Gasteiger partial charge in [-0.05, 0) is 12.1 Å². The average Bonchev–Trinajstić information content (AvgIpc) is 3.37. The molecule has 0 saturated carbocycles. The molecule has 28 heavy (non-hydrogen) atoms. The first-order chi connectivity index (χ1) is 13.7. The Bertz CT molecular complexity index is 1020. The Hall–Kier alpha value is -3.39. The molecule has 3 aromatic rings. The zero-order chi connectivity index (χ0) is 19.3. The quantitative estimate of drug-likeness (QED) is 0.512. The normalized spacial score (nSPS) is 12.3. The highest BCUT2D eigenvalue weighted by Crippen LogP contribution is 2.41. The van der Waals surface area contributed by atoms with Gasteiger partial charge in [-0.2, -0.15) is 5.10 Å². The molecular weight excluding hydrogens is 378 g/mol. The number of thiazole rings is 1. The molecule has 0 unspecified atom stereocenters. The van der Waals surface area contributed by atoms with Gasteiger partial charge >= 0.3 is 0 Å². The summed E-state index contributed by atoms with van der Waals surface area (Å²) in [6.45, 7) is 0.155. The van der Waals surface area contributed by atoms with Crippen LogP contribution in [0.4, 0.5) is 0 Å². The number of hydrogen-bond donors (Lipinski definition) is 1. The van der Waals surface area contributed by atoms with E-state index >= 15 is 0 Å². The number of carbonyl (C=O) groups is 1. The number of nitrogens with one attached hydrogen (secondary N) is 1. The van der Waals surface area contributed by atoms with Gasteiger partial charge in [-0.25, -0.2) is 10.4 Å². The molecule has 1 aliphatic rings. The molecule has 0 saturated heterocycles. The Morgan fingerprint density at radius 3 is 3.00 bits per heavy atom. The van der Waals surface area contributed by atoms with Crippen molar-refractivity contribution in [2.24, 2.45) is 5.10 Å². The molecule has 7 nitrogen and oxygen atoms in total. The van der Waals surface area contributed by atoms with Crippen LogP contribution in [0.5, 0.6) is 17.2 Å². The van der Waals surface area contributed by atoms with Gasteiger partial charge in [0.1, 0.15) is 5.01 Å². The maximum Gasteiger partial charge on any atom is 0.246 e. The third kappa shape index (κ3) is 3.96. The van der Waals surface area contributed by atoms with Gasteiger partial charge in [-0.15, -0.1) is 11.3 Å². The number of nitrogens with zero attached hydrogens (tertiary/aromatic N) is 2. The zero-order valence-electron chi connectivity index (χ0n) is 15.0. The summed E-state index contributed by atoms with van der Waals surface area (Å²) in [7, 11) is 1.55. The third-order valence-electron chi connectivity index (χ3n) is 4.02. The minimum Gasteiger partial charge on any atom is -0.493 e. The van der Waals surface area contributed by atoms with Crippen molar-refractivity contribution >= 4 is 23.5 Å². The van der Waals surface area contributed by atoms with Gasteiger partial charge in [-0.1, -0.05) is 30.3 Å². The summed E-state index contributed by atoms with van der Waals surface area (Å²) >= 11 is 1.45. The van der Waals surface area contributed by atoms with Gasteiger partial charge in [0.2, 0.25) is 18.4 Å². The molecule has 1 N–H and O–H groups in total. The van der Waals surface area contributed by atoms with Gasteiger partial charge in [0, 0.05) is 16.5 Å². The number of ether oxygens (including phenoxy) is 3. The molecule has 0 fully saturated rings. The lowest BCUT2D eigenvalue weighted by Crippen LogP contribution is -2.19. The summed E-state index contributed by atoms with van der Waals surface area (Å²) < 4.78 is 16.0. The van der Waals surface area contributed by atoms with E-state index in [1.54, 1.807) is 19.2 Å². The molecule has 142 valence electrons. The van der Waals surface area contributed by atoms with Gasteiger partial charge in [0.15, 0.2) is 11.5 Å². The lowest BCUT2D eigenvalue weighted by molar-refractivity contribution is -0.120. The second kappa shape index (κ2) is 8.10. The number of aromatic nitrogens is 1. The molecule has 0 spiro atoms. The van der Waals surface area contributed by atoms with E-state index in [0.717, 1.165) is 21.8 Å². The lowest BCUT2D eigenvalue weighted by atomic mass is 10.2. The summed E-state index contributed by atoms with van der Waals surface area (Å²) in [5, 5.41) is 6.68. The van der Waals surface area contributed by atoms with Crippen LogP contribution >= 0.6 is 11.3 Å². The molecule has 2 heterocycles. The van der Waals surface area contributed by atoms with Crippen molar-refractivity contribution in [3.8, 4) is 28.5 Å². The molecule has 0 atom stereocenters. The Labute approximate surface area is 165 Å². The molecule has 1 aliphatic heterocycles. The monoisotopic (exact) mass is 395 g/mol. The number of rotatable bonds is 6. The maximum absolute atomic E-state index is 12.1. The second-order valence-electron chi connectivity index (χ2n) is 5.92. The number of amides is 1. The minimum atomic E-state index is -0.238. The Balaban J connectivity index is 1.37. The van der Waals surface area contributed by atoms with Crippen LogP contribution in [0, 0.1) is 0 Å². The summed E-state index contributed by atoms with van der Waals surface area (Å²) in [5.41, 5.74) is 5.14. The van der Waals surface area contributed by atoms with E-state index < -0.39 is 0 Å². The highest BCUT2D eigenvalue weighted by molar-refractivity contribution is 7.10. The Morgan fingerprint density at radius 1 is 1.32 bits per heavy atom. The van der Waals surface area contributed by atoms with E-state index in [4.69, 9.17) is 14.2 Å². The summed E-state index contributed by atoms with van der Waals surface area (Å²) in [4.78, 5) is 16.6.